The van der Waals surface area contributed by atoms with Crippen LogP contribution in [-0.2, 0) is 33.6 Å². The number of anilines is 7. The van der Waals surface area contributed by atoms with Gasteiger partial charge in [0.05, 0.1) is 16.8 Å². The zero-order valence-corrected chi connectivity index (χ0v) is 46.6. The first kappa shape index (κ1) is 47.0. The highest BCUT2D eigenvalue weighted by Gasteiger charge is 2.65. The third-order valence-electron chi connectivity index (χ3n) is 20.7. The zero-order valence-electron chi connectivity index (χ0n) is 46.6. The maximum absolute atomic E-state index is 2.95. The maximum atomic E-state index is 2.95. The van der Waals surface area contributed by atoms with Crippen molar-refractivity contribution in [2.24, 2.45) is 0 Å². The van der Waals surface area contributed by atoms with Gasteiger partial charge in [-0.1, -0.05) is 207 Å². The molecule has 380 valence electrons. The number of nitrogens with zero attached hydrogens (tertiary/aromatic N) is 3. The third kappa shape index (κ3) is 6.11. The molecule has 6 aliphatic rings. The van der Waals surface area contributed by atoms with Crippen LogP contribution in [0.15, 0.2) is 188 Å². The predicted molar refractivity (Wildman–Crippen MR) is 327 cm³/mol. The summed E-state index contributed by atoms with van der Waals surface area (Å²) in [6.45, 7) is 22.0. The van der Waals surface area contributed by atoms with Gasteiger partial charge in [0.2, 0.25) is 0 Å². The van der Waals surface area contributed by atoms with Crippen LogP contribution in [0.4, 0.5) is 39.8 Å². The molecule has 4 heterocycles. The van der Waals surface area contributed by atoms with Crippen molar-refractivity contribution in [1.82, 2.24) is 0 Å². The Labute approximate surface area is 457 Å². The van der Waals surface area contributed by atoms with Crippen molar-refractivity contribution in [1.29, 1.82) is 0 Å². The van der Waals surface area contributed by atoms with Crippen LogP contribution < -0.4 is 31.1 Å². The van der Waals surface area contributed by atoms with Gasteiger partial charge < -0.3 is 14.7 Å². The summed E-state index contributed by atoms with van der Waals surface area (Å²) < 4.78 is 0. The fourth-order valence-electron chi connectivity index (χ4n) is 16.6. The lowest BCUT2D eigenvalue weighted by molar-refractivity contribution is 0.215. The number of benzene rings is 9. The number of aryl methyl sites for hydroxylation is 1. The molecule has 0 bridgehead atoms. The first-order valence-corrected chi connectivity index (χ1v) is 28.8. The molecule has 0 N–H and O–H groups in total. The Hall–Kier alpha value is -7.30. The third-order valence-corrected chi connectivity index (χ3v) is 20.7. The van der Waals surface area contributed by atoms with Gasteiger partial charge >= 0.3 is 0 Å². The lowest BCUT2D eigenvalue weighted by Gasteiger charge is -2.55. The van der Waals surface area contributed by atoms with Crippen LogP contribution in [0, 0.1) is 0 Å². The molecule has 0 saturated heterocycles. The lowest BCUT2D eigenvalue weighted by Crippen LogP contribution is -2.65. The highest BCUT2D eigenvalue weighted by atomic mass is 15.3. The Kier molecular flexibility index (Phi) is 9.70. The molecular weight excluding hydrogens is 930 g/mol. The minimum absolute atomic E-state index is 0.00506. The SMILES string of the molecule is CC(C)(C)c1ccc2c(c1)B1c3cccc4c3N(c3cc(N5c6ccccc6C6(C)CCc7ccccc7C56C)cc(c31)N2c1ccc(C(C)(C)C)cc1-c1ccc2ccccc2c1)C1(C)CCCCC41c1ccccc1. The van der Waals surface area contributed by atoms with E-state index in [-0.39, 0.29) is 39.5 Å². The smallest absolute Gasteiger partial charge is 0.252 e. The molecule has 0 spiro atoms. The van der Waals surface area contributed by atoms with Gasteiger partial charge in [-0.25, -0.2) is 0 Å². The average molecular weight is 1000 g/mol. The fraction of sp³-hybridized carbons (Fsp3) is 0.288. The molecule has 9 aromatic rings. The first-order chi connectivity index (χ1) is 37.1. The molecule has 1 saturated carbocycles. The predicted octanol–water partition coefficient (Wildman–Crippen LogP) is 16.8. The van der Waals surface area contributed by atoms with E-state index >= 15 is 0 Å². The van der Waals surface area contributed by atoms with E-state index < -0.39 is 0 Å². The Bertz CT molecular complexity index is 3950. The topological polar surface area (TPSA) is 9.72 Å². The quantitative estimate of drug-likeness (QED) is 0.163. The Morgan fingerprint density at radius 1 is 0.468 bits per heavy atom. The second kappa shape index (κ2) is 15.9. The number of hydrogen-bond donors (Lipinski definition) is 0. The molecule has 1 fully saturated rings. The van der Waals surface area contributed by atoms with Crippen molar-refractivity contribution < 1.29 is 0 Å². The number of fused-ring (bicyclic) bond motifs is 13. The molecule has 0 radical (unpaired) electrons. The average Bonchev–Trinajstić information content (AvgIpc) is 3.73. The van der Waals surface area contributed by atoms with Crippen LogP contribution in [0.25, 0.3) is 21.9 Å². The van der Waals surface area contributed by atoms with Crippen LogP contribution in [-0.4, -0.2) is 12.3 Å². The van der Waals surface area contributed by atoms with E-state index in [9.17, 15) is 0 Å². The maximum Gasteiger partial charge on any atom is 0.252 e. The minimum atomic E-state index is -0.374. The van der Waals surface area contributed by atoms with Crippen LogP contribution in [0.1, 0.15) is 133 Å². The van der Waals surface area contributed by atoms with Gasteiger partial charge in [0, 0.05) is 50.5 Å². The second-order valence-electron chi connectivity index (χ2n) is 26.5. The Morgan fingerprint density at radius 3 is 1.92 bits per heavy atom. The summed E-state index contributed by atoms with van der Waals surface area (Å²) in [5.41, 5.74) is 24.8. The summed E-state index contributed by atoms with van der Waals surface area (Å²) in [5, 5.41) is 2.51. The molecule has 4 aliphatic heterocycles. The van der Waals surface area contributed by atoms with Gasteiger partial charge in [-0.2, -0.15) is 0 Å². The minimum Gasteiger partial charge on any atom is -0.335 e. The Morgan fingerprint density at radius 2 is 1.13 bits per heavy atom. The molecule has 3 nitrogen and oxygen atoms in total. The van der Waals surface area contributed by atoms with Crippen LogP contribution in [0.5, 0.6) is 0 Å². The van der Waals surface area contributed by atoms with Crippen molar-refractivity contribution in [3.8, 4) is 11.1 Å². The van der Waals surface area contributed by atoms with Crippen molar-refractivity contribution in [3.63, 3.8) is 0 Å². The van der Waals surface area contributed by atoms with Crippen LogP contribution in [0.3, 0.4) is 0 Å². The van der Waals surface area contributed by atoms with Crippen LogP contribution in [0.2, 0.25) is 0 Å². The molecule has 4 unspecified atom stereocenters. The molecule has 2 aliphatic carbocycles. The Balaban J connectivity index is 1.10. The highest BCUT2D eigenvalue weighted by Crippen LogP contribution is 2.67. The molecular formula is C73H70BN3. The van der Waals surface area contributed by atoms with E-state index in [4.69, 9.17) is 0 Å². The zero-order chi connectivity index (χ0) is 52.6. The van der Waals surface area contributed by atoms with E-state index in [0.717, 1.165) is 25.7 Å². The number of rotatable bonds is 4. The second-order valence-corrected chi connectivity index (χ2v) is 26.5. The van der Waals surface area contributed by atoms with E-state index in [1.807, 2.05) is 0 Å². The van der Waals surface area contributed by atoms with Crippen molar-refractivity contribution >= 4 is 73.7 Å². The lowest BCUT2D eigenvalue weighted by atomic mass is 9.33. The summed E-state index contributed by atoms with van der Waals surface area (Å²) in [6, 6.07) is 74.3. The van der Waals surface area contributed by atoms with Gasteiger partial charge in [-0.15, -0.1) is 0 Å². The van der Waals surface area contributed by atoms with Gasteiger partial charge in [0.25, 0.3) is 6.71 Å². The summed E-state index contributed by atoms with van der Waals surface area (Å²) in [5.74, 6) is 0. The van der Waals surface area contributed by atoms with Crippen LogP contribution >= 0.6 is 0 Å². The number of hydrogen-bond acceptors (Lipinski definition) is 3. The largest absolute Gasteiger partial charge is 0.335 e. The van der Waals surface area contributed by atoms with E-state index in [0.29, 0.717) is 0 Å². The van der Waals surface area contributed by atoms with Crippen molar-refractivity contribution in [2.75, 3.05) is 14.7 Å². The normalized spacial score (nSPS) is 23.4. The number of para-hydroxylation sites is 2. The van der Waals surface area contributed by atoms with Gasteiger partial charge in [0.1, 0.15) is 0 Å². The fourth-order valence-corrected chi connectivity index (χ4v) is 16.6. The molecule has 9 aromatic carbocycles. The van der Waals surface area contributed by atoms with E-state index in [1.54, 1.807) is 0 Å². The summed E-state index contributed by atoms with van der Waals surface area (Å²) in [7, 11) is 0. The molecule has 77 heavy (non-hydrogen) atoms. The molecule has 0 aromatic heterocycles. The monoisotopic (exact) mass is 1000 g/mol. The van der Waals surface area contributed by atoms with Gasteiger partial charge in [-0.05, 0) is 164 Å². The highest BCUT2D eigenvalue weighted by molar-refractivity contribution is 7.00. The van der Waals surface area contributed by atoms with Crippen molar-refractivity contribution in [3.05, 3.63) is 227 Å². The first-order valence-electron chi connectivity index (χ1n) is 28.8. The standard InChI is InChI=1S/C73H70BN3/c1-68(2,3)52-34-36-61(55(43-52)50-33-32-47-22-13-14-24-49(47)42-50)75-63-37-35-53(69(4,5)6)44-60(63)74-59-30-21-29-58-67(59)77(71(8)39-19-20-40-73(58,71)51-25-11-10-12-26-51)65-46-54(45-64(75)66(65)74)76-62-31-18-17-28-57(62)70(7)41-38-48-23-15-16-27-56(48)72(70,76)9/h10-18,21-37,42-46H,19-20,38-41H2,1-9H3. The summed E-state index contributed by atoms with van der Waals surface area (Å²) in [6.07, 6.45) is 6.77. The van der Waals surface area contributed by atoms with Gasteiger partial charge in [0.15, 0.2) is 0 Å². The van der Waals surface area contributed by atoms with E-state index in [1.165, 1.54) is 130 Å². The molecule has 4 atom stereocenters. The molecule has 4 heteroatoms. The molecule has 15 rings (SSSR count). The van der Waals surface area contributed by atoms with Gasteiger partial charge in [-0.3, -0.25) is 0 Å². The van der Waals surface area contributed by atoms with E-state index in [2.05, 4.69) is 265 Å². The van der Waals surface area contributed by atoms with Crippen molar-refractivity contribution in [2.45, 2.75) is 134 Å². The molecule has 0 amide bonds. The summed E-state index contributed by atoms with van der Waals surface area (Å²) >= 11 is 0. The summed E-state index contributed by atoms with van der Waals surface area (Å²) in [4.78, 5) is 8.50.